The van der Waals surface area contributed by atoms with Crippen molar-refractivity contribution >= 4 is 0 Å². The minimum Gasteiger partial charge on any atom is -0.0654 e. The zero-order valence-electron chi connectivity index (χ0n) is 16.5. The molecule has 0 saturated carbocycles. The van der Waals surface area contributed by atoms with Gasteiger partial charge in [-0.25, -0.2) is 0 Å². The zero-order valence-corrected chi connectivity index (χ0v) is 16.5. The fourth-order valence-electron chi connectivity index (χ4n) is 3.47. The molecule has 1 aromatic rings. The Labute approximate surface area is 152 Å². The Morgan fingerprint density at radius 2 is 0.917 bits per heavy atom. The van der Waals surface area contributed by atoms with E-state index in [1.807, 2.05) is 0 Å². The van der Waals surface area contributed by atoms with Crippen LogP contribution in [-0.2, 0) is 19.3 Å². The highest BCUT2D eigenvalue weighted by Gasteiger charge is 2.03. The van der Waals surface area contributed by atoms with E-state index in [0.717, 1.165) is 6.42 Å². The lowest BCUT2D eigenvalue weighted by Crippen LogP contribution is -1.96. The quantitative estimate of drug-likeness (QED) is 0.287. The number of hydrogen-bond donors (Lipinski definition) is 0. The van der Waals surface area contributed by atoms with Gasteiger partial charge >= 0.3 is 0 Å². The monoisotopic (exact) mass is 329 g/mol. The Kier molecular flexibility index (Phi) is 12.9. The van der Waals surface area contributed by atoms with Crippen molar-refractivity contribution in [3.05, 3.63) is 41.8 Å². The van der Waals surface area contributed by atoms with Gasteiger partial charge in [-0.2, -0.15) is 0 Å². The summed E-state index contributed by atoms with van der Waals surface area (Å²) >= 11 is 0. The van der Waals surface area contributed by atoms with Crippen LogP contribution in [0.3, 0.4) is 0 Å². The van der Waals surface area contributed by atoms with Crippen molar-refractivity contribution in [1.29, 1.82) is 0 Å². The van der Waals surface area contributed by atoms with Gasteiger partial charge < -0.3 is 0 Å². The first-order valence-corrected chi connectivity index (χ1v) is 10.7. The van der Waals surface area contributed by atoms with Crippen LogP contribution in [-0.4, -0.2) is 0 Å². The van der Waals surface area contributed by atoms with Gasteiger partial charge in [0.2, 0.25) is 0 Å². The average Bonchev–Trinajstić information content (AvgIpc) is 2.59. The predicted molar refractivity (Wildman–Crippen MR) is 110 cm³/mol. The number of hydrogen-bond acceptors (Lipinski definition) is 0. The molecule has 0 atom stereocenters. The summed E-state index contributed by atoms with van der Waals surface area (Å²) < 4.78 is 0. The molecular formula is C24H41. The number of rotatable bonds is 15. The van der Waals surface area contributed by atoms with Crippen molar-refractivity contribution < 1.29 is 0 Å². The lowest BCUT2D eigenvalue weighted by Gasteiger charge is -2.10. The van der Waals surface area contributed by atoms with Crippen molar-refractivity contribution in [2.75, 3.05) is 0 Å². The lowest BCUT2D eigenvalue weighted by molar-refractivity contribution is 0.628. The highest BCUT2D eigenvalue weighted by atomic mass is 14.1. The Morgan fingerprint density at radius 1 is 0.542 bits per heavy atom. The molecule has 0 N–H and O–H groups in total. The third kappa shape index (κ3) is 10.2. The third-order valence-electron chi connectivity index (χ3n) is 4.97. The first-order valence-electron chi connectivity index (χ1n) is 10.7. The maximum absolute atomic E-state index is 4.00. The van der Waals surface area contributed by atoms with Crippen molar-refractivity contribution in [3.8, 4) is 0 Å². The second kappa shape index (κ2) is 14.6. The lowest BCUT2D eigenvalue weighted by atomic mass is 9.95. The zero-order chi connectivity index (χ0) is 17.5. The molecule has 0 fully saturated rings. The second-order valence-electron chi connectivity index (χ2n) is 7.44. The van der Waals surface area contributed by atoms with E-state index in [4.69, 9.17) is 0 Å². The van der Waals surface area contributed by atoms with Crippen molar-refractivity contribution in [2.24, 2.45) is 0 Å². The fourth-order valence-corrected chi connectivity index (χ4v) is 3.47. The van der Waals surface area contributed by atoms with Crippen LogP contribution >= 0.6 is 0 Å². The smallest absolute Gasteiger partial charge is 0.0279 e. The number of benzene rings is 1. The van der Waals surface area contributed by atoms with E-state index in [-0.39, 0.29) is 0 Å². The van der Waals surface area contributed by atoms with Gasteiger partial charge in [-0.05, 0) is 55.2 Å². The SMILES string of the molecule is [CH2]CCCc1cc(CCCCCCC)cc(CCCCCCC)c1. The standard InChI is InChI=1S/C24H41/c1-4-7-10-12-14-17-23-19-22(16-9-6-3)20-24(21-23)18-15-13-11-8-5-2/h19-21H,3-18H2,1-2H3. The van der Waals surface area contributed by atoms with Gasteiger partial charge in [0.05, 0.1) is 0 Å². The van der Waals surface area contributed by atoms with Gasteiger partial charge in [0, 0.05) is 0 Å². The van der Waals surface area contributed by atoms with Crippen LogP contribution < -0.4 is 0 Å². The molecule has 0 aliphatic carbocycles. The van der Waals surface area contributed by atoms with Gasteiger partial charge in [-0.15, -0.1) is 0 Å². The fraction of sp³-hybridized carbons (Fsp3) is 0.708. The topological polar surface area (TPSA) is 0 Å². The van der Waals surface area contributed by atoms with Gasteiger partial charge in [-0.3, -0.25) is 0 Å². The molecule has 24 heavy (non-hydrogen) atoms. The third-order valence-corrected chi connectivity index (χ3v) is 4.97. The number of aryl methyl sites for hydroxylation is 3. The van der Waals surface area contributed by atoms with E-state index < -0.39 is 0 Å². The van der Waals surface area contributed by atoms with E-state index in [9.17, 15) is 0 Å². The molecule has 0 unspecified atom stereocenters. The Morgan fingerprint density at radius 3 is 1.29 bits per heavy atom. The van der Waals surface area contributed by atoms with Crippen LogP contribution in [0.4, 0.5) is 0 Å². The Balaban J connectivity index is 2.52. The maximum atomic E-state index is 4.00. The van der Waals surface area contributed by atoms with E-state index in [1.54, 1.807) is 16.7 Å². The first kappa shape index (κ1) is 21.3. The van der Waals surface area contributed by atoms with E-state index >= 15 is 0 Å². The maximum Gasteiger partial charge on any atom is -0.0279 e. The summed E-state index contributed by atoms with van der Waals surface area (Å²) in [6.45, 7) is 8.58. The van der Waals surface area contributed by atoms with Crippen LogP contribution in [0, 0.1) is 6.92 Å². The summed E-state index contributed by atoms with van der Waals surface area (Å²) in [5.41, 5.74) is 4.71. The predicted octanol–water partition coefficient (Wildman–Crippen LogP) is 7.87. The van der Waals surface area contributed by atoms with Crippen LogP contribution in [0.1, 0.15) is 108 Å². The Hall–Kier alpha value is -0.780. The van der Waals surface area contributed by atoms with Gasteiger partial charge in [0.25, 0.3) is 0 Å². The molecule has 137 valence electrons. The summed E-state index contributed by atoms with van der Waals surface area (Å²) in [5, 5.41) is 0. The summed E-state index contributed by atoms with van der Waals surface area (Å²) in [6.07, 6.45) is 19.8. The molecular weight excluding hydrogens is 288 g/mol. The van der Waals surface area contributed by atoms with E-state index in [2.05, 4.69) is 39.0 Å². The molecule has 1 aromatic carbocycles. The first-order chi connectivity index (χ1) is 11.8. The molecule has 0 nitrogen and oxygen atoms in total. The molecule has 0 aliphatic heterocycles. The Bertz CT molecular complexity index is 372. The second-order valence-corrected chi connectivity index (χ2v) is 7.44. The van der Waals surface area contributed by atoms with Crippen molar-refractivity contribution in [1.82, 2.24) is 0 Å². The van der Waals surface area contributed by atoms with Crippen LogP contribution in [0.15, 0.2) is 18.2 Å². The minimum absolute atomic E-state index is 1.05. The molecule has 0 aliphatic rings. The molecule has 0 aromatic heterocycles. The molecule has 0 saturated heterocycles. The summed E-state index contributed by atoms with van der Waals surface area (Å²) in [4.78, 5) is 0. The summed E-state index contributed by atoms with van der Waals surface area (Å²) in [7, 11) is 0. The van der Waals surface area contributed by atoms with Crippen LogP contribution in [0.25, 0.3) is 0 Å². The van der Waals surface area contributed by atoms with Crippen LogP contribution in [0.2, 0.25) is 0 Å². The molecule has 0 heterocycles. The largest absolute Gasteiger partial charge is 0.0654 e. The summed E-state index contributed by atoms with van der Waals surface area (Å²) in [5.74, 6) is 0. The molecule has 0 spiro atoms. The van der Waals surface area contributed by atoms with Gasteiger partial charge in [0.15, 0.2) is 0 Å². The highest BCUT2D eigenvalue weighted by Crippen LogP contribution is 2.18. The minimum atomic E-state index is 1.05. The molecule has 1 rings (SSSR count). The average molecular weight is 330 g/mol. The van der Waals surface area contributed by atoms with Gasteiger partial charge in [0.1, 0.15) is 0 Å². The molecule has 0 heteroatoms. The summed E-state index contributed by atoms with van der Waals surface area (Å²) in [6, 6.07) is 7.43. The van der Waals surface area contributed by atoms with Crippen molar-refractivity contribution in [3.63, 3.8) is 0 Å². The molecule has 0 amide bonds. The normalized spacial score (nSPS) is 11.1. The van der Waals surface area contributed by atoms with Gasteiger partial charge in [-0.1, -0.05) is 96.8 Å². The van der Waals surface area contributed by atoms with E-state index in [0.29, 0.717) is 0 Å². The molecule has 1 radical (unpaired) electrons. The highest BCUT2D eigenvalue weighted by molar-refractivity contribution is 5.30. The van der Waals surface area contributed by atoms with E-state index in [1.165, 1.54) is 89.9 Å². The van der Waals surface area contributed by atoms with Crippen molar-refractivity contribution in [2.45, 2.75) is 110 Å². The van der Waals surface area contributed by atoms with Crippen LogP contribution in [0.5, 0.6) is 0 Å². The molecule has 0 bridgehead atoms. The number of unbranched alkanes of at least 4 members (excludes halogenated alkanes) is 9.